The molecule has 0 aliphatic heterocycles. The number of benzene rings is 1. The Bertz CT molecular complexity index is 797. The molecule has 20 heavy (non-hydrogen) atoms. The molecule has 3 aromatic rings. The first-order valence-corrected chi connectivity index (χ1v) is 6.28. The number of rotatable bonds is 3. The van der Waals surface area contributed by atoms with Gasteiger partial charge in [-0.2, -0.15) is 4.98 Å². The van der Waals surface area contributed by atoms with Crippen molar-refractivity contribution in [1.29, 1.82) is 0 Å². The summed E-state index contributed by atoms with van der Waals surface area (Å²) in [5.41, 5.74) is 1.12. The van der Waals surface area contributed by atoms with Crippen molar-refractivity contribution < 1.29 is 9.15 Å². The quantitative estimate of drug-likeness (QED) is 0.730. The standard InChI is InChI=1S/C15H12N2O3/c1-2-12-11-4-3-5-13(14(11)20-15(18)17-12)19-10-6-8-16-9-7-10/h3-9H,2H2,1H3. The van der Waals surface area contributed by atoms with Gasteiger partial charge in [0.2, 0.25) is 0 Å². The molecule has 5 nitrogen and oxygen atoms in total. The zero-order valence-electron chi connectivity index (χ0n) is 10.9. The Hall–Kier alpha value is -2.69. The highest BCUT2D eigenvalue weighted by atomic mass is 16.5. The van der Waals surface area contributed by atoms with Crippen LogP contribution < -0.4 is 10.5 Å². The van der Waals surface area contributed by atoms with Gasteiger partial charge in [0.15, 0.2) is 11.3 Å². The van der Waals surface area contributed by atoms with E-state index in [1.54, 1.807) is 30.6 Å². The monoisotopic (exact) mass is 268 g/mol. The van der Waals surface area contributed by atoms with Crippen molar-refractivity contribution in [2.24, 2.45) is 0 Å². The van der Waals surface area contributed by atoms with E-state index in [4.69, 9.17) is 9.15 Å². The van der Waals surface area contributed by atoms with Gasteiger partial charge in [0.25, 0.3) is 0 Å². The number of fused-ring (bicyclic) bond motifs is 1. The van der Waals surface area contributed by atoms with Gasteiger partial charge in [-0.1, -0.05) is 13.0 Å². The molecule has 0 fully saturated rings. The Labute approximate surface area is 114 Å². The van der Waals surface area contributed by atoms with Gasteiger partial charge in [-0.15, -0.1) is 0 Å². The highest BCUT2D eigenvalue weighted by molar-refractivity contribution is 5.84. The van der Waals surface area contributed by atoms with Gasteiger partial charge >= 0.3 is 5.76 Å². The zero-order valence-corrected chi connectivity index (χ0v) is 10.9. The molecule has 5 heteroatoms. The van der Waals surface area contributed by atoms with Gasteiger partial charge in [0.05, 0.1) is 5.69 Å². The molecule has 0 spiro atoms. The van der Waals surface area contributed by atoms with Gasteiger partial charge < -0.3 is 9.15 Å². The number of pyridine rings is 1. The Morgan fingerprint density at radius 3 is 2.75 bits per heavy atom. The number of aryl methyl sites for hydroxylation is 1. The summed E-state index contributed by atoms with van der Waals surface area (Å²) in [6, 6.07) is 8.94. The summed E-state index contributed by atoms with van der Waals surface area (Å²) in [6.07, 6.45) is 3.92. The molecule has 0 aliphatic rings. The fourth-order valence-electron chi connectivity index (χ4n) is 2.01. The molecule has 0 bridgehead atoms. The lowest BCUT2D eigenvalue weighted by molar-refractivity contribution is 0.457. The minimum absolute atomic E-state index is 0.418. The highest BCUT2D eigenvalue weighted by Crippen LogP contribution is 2.29. The third-order valence-electron chi connectivity index (χ3n) is 2.92. The molecule has 0 unspecified atom stereocenters. The summed E-state index contributed by atoms with van der Waals surface area (Å²) >= 11 is 0. The van der Waals surface area contributed by atoms with Crippen LogP contribution in [0.15, 0.2) is 51.9 Å². The van der Waals surface area contributed by atoms with Crippen LogP contribution in [0.4, 0.5) is 0 Å². The average molecular weight is 268 g/mol. The number of para-hydroxylation sites is 1. The number of ether oxygens (including phenoxy) is 1. The first kappa shape index (κ1) is 12.3. The molecule has 0 N–H and O–H groups in total. The summed E-state index contributed by atoms with van der Waals surface area (Å²) < 4.78 is 10.9. The van der Waals surface area contributed by atoms with Crippen molar-refractivity contribution in [1.82, 2.24) is 9.97 Å². The van der Waals surface area contributed by atoms with E-state index in [0.717, 1.165) is 5.39 Å². The van der Waals surface area contributed by atoms with E-state index in [0.29, 0.717) is 29.2 Å². The number of hydrogen-bond acceptors (Lipinski definition) is 5. The maximum absolute atomic E-state index is 11.5. The molecule has 0 saturated carbocycles. The second-order valence-electron chi connectivity index (χ2n) is 4.20. The van der Waals surface area contributed by atoms with Crippen molar-refractivity contribution in [3.63, 3.8) is 0 Å². The topological polar surface area (TPSA) is 65.2 Å². The molecule has 1 aromatic carbocycles. The van der Waals surface area contributed by atoms with E-state index in [1.807, 2.05) is 19.1 Å². The summed E-state index contributed by atoms with van der Waals surface area (Å²) in [5, 5.41) is 0.790. The van der Waals surface area contributed by atoms with Gasteiger partial charge in [-0.25, -0.2) is 4.79 Å². The second-order valence-corrected chi connectivity index (χ2v) is 4.20. The Kier molecular flexibility index (Phi) is 3.16. The van der Waals surface area contributed by atoms with Crippen LogP contribution in [0.2, 0.25) is 0 Å². The molecule has 100 valence electrons. The largest absolute Gasteiger partial charge is 0.453 e. The first-order valence-electron chi connectivity index (χ1n) is 6.28. The zero-order chi connectivity index (χ0) is 13.9. The van der Waals surface area contributed by atoms with Gasteiger partial charge in [-0.05, 0) is 30.7 Å². The molecule has 0 atom stereocenters. The molecule has 0 amide bonds. The van der Waals surface area contributed by atoms with Crippen LogP contribution in [-0.4, -0.2) is 9.97 Å². The van der Waals surface area contributed by atoms with Crippen molar-refractivity contribution in [2.45, 2.75) is 13.3 Å². The normalized spacial score (nSPS) is 10.7. The third-order valence-corrected chi connectivity index (χ3v) is 2.92. The van der Waals surface area contributed by atoms with E-state index >= 15 is 0 Å². The van der Waals surface area contributed by atoms with Crippen molar-refractivity contribution in [3.05, 3.63) is 59.0 Å². The van der Waals surface area contributed by atoms with E-state index in [2.05, 4.69) is 9.97 Å². The van der Waals surface area contributed by atoms with E-state index in [1.165, 1.54) is 0 Å². The first-order chi connectivity index (χ1) is 9.78. The molecule has 2 aromatic heterocycles. The maximum Gasteiger partial charge on any atom is 0.439 e. The van der Waals surface area contributed by atoms with Crippen LogP contribution in [-0.2, 0) is 6.42 Å². The van der Waals surface area contributed by atoms with E-state index in [9.17, 15) is 4.79 Å². The van der Waals surface area contributed by atoms with Gasteiger partial charge in [0, 0.05) is 17.8 Å². The molecule has 0 radical (unpaired) electrons. The van der Waals surface area contributed by atoms with Crippen LogP contribution >= 0.6 is 0 Å². The second kappa shape index (κ2) is 5.13. The fraction of sp³-hybridized carbons (Fsp3) is 0.133. The lowest BCUT2D eigenvalue weighted by atomic mass is 10.1. The SMILES string of the molecule is CCc1nc(=O)oc2c(Oc3ccncc3)cccc12. The lowest BCUT2D eigenvalue weighted by Gasteiger charge is -2.08. The molecule has 3 rings (SSSR count). The van der Waals surface area contributed by atoms with E-state index < -0.39 is 5.76 Å². The summed E-state index contributed by atoms with van der Waals surface area (Å²) in [6.45, 7) is 1.94. The van der Waals surface area contributed by atoms with E-state index in [-0.39, 0.29) is 0 Å². The van der Waals surface area contributed by atoms with Crippen LogP contribution in [0.3, 0.4) is 0 Å². The molecule has 0 aliphatic carbocycles. The molecular weight excluding hydrogens is 256 g/mol. The van der Waals surface area contributed by atoms with Crippen molar-refractivity contribution >= 4 is 11.0 Å². The molecular formula is C15H12N2O3. The minimum atomic E-state index is -0.611. The Morgan fingerprint density at radius 2 is 2.00 bits per heavy atom. The fourth-order valence-corrected chi connectivity index (χ4v) is 2.01. The predicted octanol–water partition coefficient (Wildman–Crippen LogP) is 2.94. The lowest BCUT2D eigenvalue weighted by Crippen LogP contribution is -2.07. The van der Waals surface area contributed by atoms with Crippen LogP contribution in [0.1, 0.15) is 12.6 Å². The Balaban J connectivity index is 2.16. The van der Waals surface area contributed by atoms with Crippen LogP contribution in [0.5, 0.6) is 11.5 Å². The van der Waals surface area contributed by atoms with Crippen LogP contribution in [0, 0.1) is 0 Å². The number of hydrogen-bond donors (Lipinski definition) is 0. The molecule has 0 saturated heterocycles. The van der Waals surface area contributed by atoms with Gasteiger partial charge in [0.1, 0.15) is 5.75 Å². The smallest absolute Gasteiger partial charge is 0.439 e. The molecule has 2 heterocycles. The summed E-state index contributed by atoms with van der Waals surface area (Å²) in [7, 11) is 0. The highest BCUT2D eigenvalue weighted by Gasteiger charge is 2.11. The van der Waals surface area contributed by atoms with Gasteiger partial charge in [-0.3, -0.25) is 4.98 Å². The summed E-state index contributed by atoms with van der Waals surface area (Å²) in [4.78, 5) is 19.3. The minimum Gasteiger partial charge on any atom is -0.453 e. The Morgan fingerprint density at radius 1 is 1.20 bits per heavy atom. The number of aromatic nitrogens is 2. The average Bonchev–Trinajstić information content (AvgIpc) is 2.48. The van der Waals surface area contributed by atoms with Crippen molar-refractivity contribution in [3.8, 4) is 11.5 Å². The van der Waals surface area contributed by atoms with Crippen molar-refractivity contribution in [2.75, 3.05) is 0 Å². The van der Waals surface area contributed by atoms with Crippen LogP contribution in [0.25, 0.3) is 11.0 Å². The number of nitrogens with zero attached hydrogens (tertiary/aromatic N) is 2. The maximum atomic E-state index is 11.5. The third kappa shape index (κ3) is 2.25. The predicted molar refractivity (Wildman–Crippen MR) is 74.0 cm³/mol. The summed E-state index contributed by atoms with van der Waals surface area (Å²) in [5.74, 6) is 0.507.